The van der Waals surface area contributed by atoms with Crippen molar-refractivity contribution >= 4 is 128 Å². The van der Waals surface area contributed by atoms with E-state index in [1.165, 1.54) is 0 Å². The van der Waals surface area contributed by atoms with Gasteiger partial charge in [0.05, 0.1) is 6.42 Å². The molecule has 0 aromatic rings. The Morgan fingerprint density at radius 2 is 1.44 bits per heavy atom. The van der Waals surface area contributed by atoms with Gasteiger partial charge < -0.3 is 20.1 Å². The number of carboxylic acid groups (broad SMARTS) is 3. The van der Waals surface area contributed by atoms with Crippen molar-refractivity contribution in [1.29, 1.82) is 0 Å². The van der Waals surface area contributed by atoms with Crippen LogP contribution in [-0.2, 0) is 19.1 Å². The Balaban J connectivity index is -0.000000240. The quantitative estimate of drug-likeness (QED) is 0.445. The van der Waals surface area contributed by atoms with Crippen molar-refractivity contribution in [3.8, 4) is 0 Å². The Labute approximate surface area is 178 Å². The zero-order chi connectivity index (χ0) is 10.4. The molecule has 1 unspecified atom stereocenters. The molecule has 16 heavy (non-hydrogen) atoms. The first-order valence-electron chi connectivity index (χ1n) is 3.21. The van der Waals surface area contributed by atoms with E-state index in [-0.39, 0.29) is 110 Å². The molecular weight excluding hydrogens is 269 g/mol. The first-order valence-corrected chi connectivity index (χ1v) is 3.21. The van der Waals surface area contributed by atoms with Gasteiger partial charge in [-0.05, 0) is 0 Å². The molecule has 0 aliphatic heterocycles. The van der Waals surface area contributed by atoms with Crippen LogP contribution in [0.2, 0.25) is 0 Å². The minimum atomic E-state index is -1.62. The van der Waals surface area contributed by atoms with Crippen molar-refractivity contribution in [2.24, 2.45) is 0 Å². The molecule has 80 valence electrons. The molecule has 3 N–H and O–H groups in total. The monoisotopic (exact) mass is 280 g/mol. The van der Waals surface area contributed by atoms with Gasteiger partial charge in [0.25, 0.3) is 0 Å². The number of carbonyl (C=O) groups is 3. The fourth-order valence-corrected chi connectivity index (χ4v) is 0.548. The van der Waals surface area contributed by atoms with Crippen LogP contribution >= 0.6 is 0 Å². The molecule has 0 spiro atoms. The molecule has 0 radical (unpaired) electrons. The van der Waals surface area contributed by atoms with Crippen LogP contribution in [0.15, 0.2) is 0 Å². The Morgan fingerprint density at radius 1 is 1.00 bits per heavy atom. The number of carboxylic acids is 3. The Hall–Kier alpha value is 2.01. The van der Waals surface area contributed by atoms with Crippen LogP contribution in [0.4, 0.5) is 0 Å². The molecule has 0 bridgehead atoms. The van der Waals surface area contributed by atoms with Gasteiger partial charge in [0.1, 0.15) is 6.61 Å². The zero-order valence-electron chi connectivity index (χ0n) is 6.47. The van der Waals surface area contributed by atoms with E-state index in [4.69, 9.17) is 15.3 Å². The van der Waals surface area contributed by atoms with Crippen molar-refractivity contribution in [2.75, 3.05) is 6.61 Å². The van der Waals surface area contributed by atoms with Crippen LogP contribution in [0, 0.1) is 0 Å². The number of hydrogen-bond donors (Lipinski definition) is 3. The molecule has 0 heterocycles. The third kappa shape index (κ3) is 16.0. The summed E-state index contributed by atoms with van der Waals surface area (Å²) >= 11 is 0. The third-order valence-electron chi connectivity index (χ3n) is 1.04. The van der Waals surface area contributed by atoms with E-state index in [1.54, 1.807) is 0 Å². The van der Waals surface area contributed by atoms with Crippen molar-refractivity contribution in [3.63, 3.8) is 0 Å². The molecule has 0 aromatic heterocycles. The van der Waals surface area contributed by atoms with E-state index in [2.05, 4.69) is 4.74 Å². The average molecular weight is 280 g/mol. The van der Waals surface area contributed by atoms with E-state index < -0.39 is 37.0 Å². The van der Waals surface area contributed by atoms with Gasteiger partial charge in [-0.25, -0.2) is 9.59 Å². The topological polar surface area (TPSA) is 121 Å². The van der Waals surface area contributed by atoms with Crippen LogP contribution in [0.1, 0.15) is 6.42 Å². The van der Waals surface area contributed by atoms with Crippen molar-refractivity contribution in [1.82, 2.24) is 0 Å². The van der Waals surface area contributed by atoms with E-state index in [0.29, 0.717) is 0 Å². The van der Waals surface area contributed by atoms with Crippen molar-refractivity contribution in [3.05, 3.63) is 0 Å². The normalized spacial score (nSPS) is 9.75. The van der Waals surface area contributed by atoms with Crippen LogP contribution in [-0.4, -0.2) is 156 Å². The van der Waals surface area contributed by atoms with Gasteiger partial charge in [0.15, 0.2) is 6.10 Å². The van der Waals surface area contributed by atoms with Crippen molar-refractivity contribution in [2.45, 2.75) is 12.5 Å². The summed E-state index contributed by atoms with van der Waals surface area (Å²) in [6.07, 6.45) is -2.38. The SMILES string of the molecule is O=C(O)COC(CC(=O)O)C(=O)O.[KH].[NaH].[NaH]. The average Bonchev–Trinajstić information content (AvgIpc) is 1.96. The first-order chi connectivity index (χ1) is 5.93. The summed E-state index contributed by atoms with van der Waals surface area (Å²) in [7, 11) is 0. The second-order valence-corrected chi connectivity index (χ2v) is 2.13. The summed E-state index contributed by atoms with van der Waals surface area (Å²) in [5.74, 6) is -4.21. The molecule has 0 aliphatic rings. The number of aliphatic carboxylic acids is 3. The van der Waals surface area contributed by atoms with Crippen LogP contribution < -0.4 is 0 Å². The molecule has 0 amide bonds. The maximum absolute atomic E-state index is 10.3. The number of ether oxygens (including phenoxy) is 1. The van der Waals surface area contributed by atoms with E-state index in [9.17, 15) is 14.4 Å². The summed E-state index contributed by atoms with van der Waals surface area (Å²) in [6.45, 7) is -0.829. The van der Waals surface area contributed by atoms with Crippen LogP contribution in [0.25, 0.3) is 0 Å². The van der Waals surface area contributed by atoms with Gasteiger partial charge in [-0.15, -0.1) is 0 Å². The fourth-order valence-electron chi connectivity index (χ4n) is 0.548. The summed E-state index contributed by atoms with van der Waals surface area (Å²) in [5.41, 5.74) is 0. The van der Waals surface area contributed by atoms with Gasteiger partial charge in [-0.3, -0.25) is 4.79 Å². The second-order valence-electron chi connectivity index (χ2n) is 2.13. The van der Waals surface area contributed by atoms with Crippen molar-refractivity contribution < 1.29 is 34.4 Å². The predicted molar refractivity (Wildman–Crippen MR) is 58.7 cm³/mol. The Kier molecular flexibility index (Phi) is 25.0. The molecule has 0 aromatic carbocycles. The van der Waals surface area contributed by atoms with E-state index in [0.717, 1.165) is 0 Å². The van der Waals surface area contributed by atoms with Gasteiger partial charge in [-0.1, -0.05) is 0 Å². The molecule has 10 heteroatoms. The maximum atomic E-state index is 10.3. The molecule has 0 rings (SSSR count). The molecule has 0 fully saturated rings. The number of rotatable bonds is 6. The third-order valence-corrected chi connectivity index (χ3v) is 1.04. The standard InChI is InChI=1S/C6H8O7.K.2Na.3H/c7-4(8)1-3(6(11)12)13-2-5(9)10;;;;;;/h3H,1-2H2,(H,7,8)(H,9,10)(H,11,12);;;;;;. The molecule has 0 saturated heterocycles. The minimum absolute atomic E-state index is 0. The summed E-state index contributed by atoms with van der Waals surface area (Å²) in [6, 6.07) is 0. The summed E-state index contributed by atoms with van der Waals surface area (Å²) < 4.78 is 4.30. The van der Waals surface area contributed by atoms with E-state index in [1.807, 2.05) is 0 Å². The van der Waals surface area contributed by atoms with Gasteiger partial charge >= 0.3 is 128 Å². The first kappa shape index (κ1) is 26.5. The Morgan fingerprint density at radius 3 is 1.69 bits per heavy atom. The van der Waals surface area contributed by atoms with Crippen LogP contribution in [0.5, 0.6) is 0 Å². The molecule has 0 aliphatic carbocycles. The number of hydrogen-bond acceptors (Lipinski definition) is 4. The fraction of sp³-hybridized carbons (Fsp3) is 0.500. The second kappa shape index (κ2) is 15.1. The summed E-state index contributed by atoms with van der Waals surface area (Å²) in [4.78, 5) is 30.3. The predicted octanol–water partition coefficient (Wildman–Crippen LogP) is -2.93. The van der Waals surface area contributed by atoms with E-state index >= 15 is 0 Å². The zero-order valence-corrected chi connectivity index (χ0v) is 6.47. The molecule has 0 saturated carbocycles. The van der Waals surface area contributed by atoms with Gasteiger partial charge in [0, 0.05) is 0 Å². The van der Waals surface area contributed by atoms with Crippen LogP contribution in [0.3, 0.4) is 0 Å². The molecule has 7 nitrogen and oxygen atoms in total. The van der Waals surface area contributed by atoms with Gasteiger partial charge in [0.2, 0.25) is 0 Å². The molecular formula is C6H11KNa2O7. The Bertz CT molecular complexity index is 235. The van der Waals surface area contributed by atoms with Gasteiger partial charge in [-0.2, -0.15) is 0 Å². The summed E-state index contributed by atoms with van der Waals surface area (Å²) in [5, 5.41) is 24.7. The molecule has 1 atom stereocenters.